The Labute approximate surface area is 208 Å². The Kier molecular flexibility index (Phi) is 7.36. The maximum Gasteiger partial charge on any atom is 0.266 e. The summed E-state index contributed by atoms with van der Waals surface area (Å²) in [4.78, 5) is 30.9. The first-order valence-corrected chi connectivity index (χ1v) is 12.5. The van der Waals surface area contributed by atoms with Gasteiger partial charge in [0.05, 0.1) is 16.6 Å². The van der Waals surface area contributed by atoms with Gasteiger partial charge in [-0.25, -0.2) is 9.37 Å². The summed E-state index contributed by atoms with van der Waals surface area (Å²) in [7, 11) is 0. The standard InChI is InChI=1S/C28H28FN3O2S/c1-17(2)15-30-26(33)20-10-11-24-25(13-20)31-28(35-16-21-12-18(3)8-9-19(21)4)32(27(24)34)23-7-5-6-22(29)14-23/h5-14,17H,15-16H2,1-4H3,(H,30,33). The number of hydrogen-bond donors (Lipinski definition) is 1. The van der Waals surface area contributed by atoms with Crippen molar-refractivity contribution in [3.8, 4) is 5.69 Å². The molecule has 1 aromatic heterocycles. The molecule has 4 aromatic rings. The smallest absolute Gasteiger partial charge is 0.266 e. The number of amides is 1. The normalized spacial score (nSPS) is 11.3. The van der Waals surface area contributed by atoms with E-state index in [1.165, 1.54) is 28.5 Å². The summed E-state index contributed by atoms with van der Waals surface area (Å²) >= 11 is 1.41. The van der Waals surface area contributed by atoms with Crippen LogP contribution in [-0.2, 0) is 5.75 Å². The maximum atomic E-state index is 14.1. The van der Waals surface area contributed by atoms with Crippen molar-refractivity contribution in [1.29, 1.82) is 0 Å². The Morgan fingerprint density at radius 3 is 2.63 bits per heavy atom. The fraction of sp³-hybridized carbons (Fsp3) is 0.250. The second-order valence-electron chi connectivity index (χ2n) is 9.07. The first-order valence-electron chi connectivity index (χ1n) is 11.5. The molecular weight excluding hydrogens is 461 g/mol. The Hall–Kier alpha value is -3.45. The summed E-state index contributed by atoms with van der Waals surface area (Å²) < 4.78 is 15.5. The molecule has 1 heterocycles. The summed E-state index contributed by atoms with van der Waals surface area (Å²) in [5, 5.41) is 3.70. The molecule has 0 spiro atoms. The SMILES string of the molecule is Cc1ccc(C)c(CSc2nc3cc(C(=O)NCC(C)C)ccc3c(=O)n2-c2cccc(F)c2)c1. The molecule has 0 aliphatic heterocycles. The molecule has 35 heavy (non-hydrogen) atoms. The molecule has 0 unspecified atom stereocenters. The van der Waals surface area contributed by atoms with Crippen molar-refractivity contribution in [1.82, 2.24) is 14.9 Å². The zero-order valence-corrected chi connectivity index (χ0v) is 21.1. The van der Waals surface area contributed by atoms with E-state index in [2.05, 4.69) is 23.5 Å². The predicted octanol–water partition coefficient (Wildman–Crippen LogP) is 5.82. The van der Waals surface area contributed by atoms with Crippen LogP contribution in [0.5, 0.6) is 0 Å². The topological polar surface area (TPSA) is 64.0 Å². The molecule has 0 fully saturated rings. The first-order chi connectivity index (χ1) is 16.7. The van der Waals surface area contributed by atoms with E-state index in [0.29, 0.717) is 45.5 Å². The number of fused-ring (bicyclic) bond motifs is 1. The number of carbonyl (C=O) groups is 1. The van der Waals surface area contributed by atoms with E-state index in [0.717, 1.165) is 16.7 Å². The van der Waals surface area contributed by atoms with Crippen LogP contribution in [0.15, 0.2) is 70.6 Å². The third-order valence-corrected chi connectivity index (χ3v) is 6.69. The fourth-order valence-corrected chi connectivity index (χ4v) is 4.82. The van der Waals surface area contributed by atoms with E-state index in [-0.39, 0.29) is 11.5 Å². The quantitative estimate of drug-likeness (QED) is 0.262. The van der Waals surface area contributed by atoms with E-state index < -0.39 is 5.82 Å². The van der Waals surface area contributed by atoms with Gasteiger partial charge in [0.2, 0.25) is 0 Å². The van der Waals surface area contributed by atoms with Crippen molar-refractivity contribution in [2.45, 2.75) is 38.6 Å². The Balaban J connectivity index is 1.81. The van der Waals surface area contributed by atoms with Gasteiger partial charge in [-0.3, -0.25) is 14.2 Å². The molecule has 0 bridgehead atoms. The molecule has 5 nitrogen and oxygen atoms in total. The number of thioether (sulfide) groups is 1. The van der Waals surface area contributed by atoms with E-state index >= 15 is 0 Å². The first kappa shape index (κ1) is 24.7. The molecule has 0 saturated heterocycles. The lowest BCUT2D eigenvalue weighted by Crippen LogP contribution is -2.27. The van der Waals surface area contributed by atoms with Crippen LogP contribution >= 0.6 is 11.8 Å². The van der Waals surface area contributed by atoms with Crippen LogP contribution < -0.4 is 10.9 Å². The lowest BCUT2D eigenvalue weighted by Gasteiger charge is -2.15. The minimum atomic E-state index is -0.433. The van der Waals surface area contributed by atoms with Gasteiger partial charge >= 0.3 is 0 Å². The molecule has 0 atom stereocenters. The molecule has 1 N–H and O–H groups in total. The largest absolute Gasteiger partial charge is 0.352 e. The van der Waals surface area contributed by atoms with Gasteiger partial charge in [-0.2, -0.15) is 0 Å². The minimum absolute atomic E-state index is 0.207. The van der Waals surface area contributed by atoms with Crippen molar-refractivity contribution < 1.29 is 9.18 Å². The van der Waals surface area contributed by atoms with Gasteiger partial charge in [0.25, 0.3) is 11.5 Å². The molecular formula is C28H28FN3O2S. The van der Waals surface area contributed by atoms with Crippen LogP contribution in [0.25, 0.3) is 16.6 Å². The summed E-state index contributed by atoms with van der Waals surface area (Å²) in [6.45, 7) is 8.69. The monoisotopic (exact) mass is 489 g/mol. The van der Waals surface area contributed by atoms with Gasteiger partial charge in [0.15, 0.2) is 5.16 Å². The van der Waals surface area contributed by atoms with Gasteiger partial charge in [0.1, 0.15) is 5.82 Å². The highest BCUT2D eigenvalue weighted by Crippen LogP contribution is 2.27. The molecule has 0 aliphatic rings. The zero-order valence-electron chi connectivity index (χ0n) is 20.3. The van der Waals surface area contributed by atoms with E-state index in [1.54, 1.807) is 30.3 Å². The van der Waals surface area contributed by atoms with Gasteiger partial charge in [-0.1, -0.05) is 55.4 Å². The molecule has 0 saturated carbocycles. The summed E-state index contributed by atoms with van der Waals surface area (Å²) in [5.41, 5.74) is 4.41. The number of rotatable bonds is 7. The molecule has 7 heteroatoms. The number of aryl methyl sites for hydroxylation is 2. The highest BCUT2D eigenvalue weighted by molar-refractivity contribution is 7.98. The number of hydrogen-bond acceptors (Lipinski definition) is 4. The zero-order chi connectivity index (χ0) is 25.1. The molecule has 180 valence electrons. The highest BCUT2D eigenvalue weighted by Gasteiger charge is 2.16. The molecule has 1 amide bonds. The number of aromatic nitrogens is 2. The summed E-state index contributed by atoms with van der Waals surface area (Å²) in [6, 6.07) is 17.1. The van der Waals surface area contributed by atoms with Gasteiger partial charge < -0.3 is 5.32 Å². The number of carbonyl (C=O) groups excluding carboxylic acids is 1. The lowest BCUT2D eigenvalue weighted by atomic mass is 10.1. The average Bonchev–Trinajstić information content (AvgIpc) is 2.82. The maximum absolute atomic E-state index is 14.1. The molecule has 4 rings (SSSR count). The minimum Gasteiger partial charge on any atom is -0.352 e. The highest BCUT2D eigenvalue weighted by atomic mass is 32.2. The molecule has 3 aromatic carbocycles. The molecule has 0 radical (unpaired) electrons. The van der Waals surface area contributed by atoms with Gasteiger partial charge in [0, 0.05) is 17.9 Å². The number of nitrogens with zero attached hydrogens (tertiary/aromatic N) is 2. The second-order valence-corrected chi connectivity index (χ2v) is 10.0. The Bertz CT molecular complexity index is 1460. The van der Waals surface area contributed by atoms with Crippen molar-refractivity contribution in [3.05, 3.63) is 99.1 Å². The second kappa shape index (κ2) is 10.4. The third kappa shape index (κ3) is 5.62. The summed E-state index contributed by atoms with van der Waals surface area (Å²) in [6.07, 6.45) is 0. The van der Waals surface area contributed by atoms with E-state index in [9.17, 15) is 14.0 Å². The Morgan fingerprint density at radius 1 is 1.09 bits per heavy atom. The van der Waals surface area contributed by atoms with Crippen LogP contribution in [0, 0.1) is 25.6 Å². The van der Waals surface area contributed by atoms with Gasteiger partial charge in [-0.05, 0) is 67.3 Å². The fourth-order valence-electron chi connectivity index (χ4n) is 3.74. The lowest BCUT2D eigenvalue weighted by molar-refractivity contribution is 0.0949. The van der Waals surface area contributed by atoms with Gasteiger partial charge in [-0.15, -0.1) is 0 Å². The van der Waals surface area contributed by atoms with Crippen LogP contribution in [0.1, 0.15) is 40.9 Å². The number of nitrogens with one attached hydrogen (secondary N) is 1. The molecule has 0 aliphatic carbocycles. The number of benzene rings is 3. The van der Waals surface area contributed by atoms with Crippen LogP contribution in [0.3, 0.4) is 0 Å². The van der Waals surface area contributed by atoms with Crippen LogP contribution in [0.4, 0.5) is 4.39 Å². The average molecular weight is 490 g/mol. The van der Waals surface area contributed by atoms with Crippen molar-refractivity contribution in [2.24, 2.45) is 5.92 Å². The Morgan fingerprint density at radius 2 is 1.89 bits per heavy atom. The third-order valence-electron chi connectivity index (χ3n) is 5.70. The van der Waals surface area contributed by atoms with E-state index in [1.807, 2.05) is 27.7 Å². The van der Waals surface area contributed by atoms with Crippen molar-refractivity contribution in [3.63, 3.8) is 0 Å². The predicted molar refractivity (Wildman–Crippen MR) is 140 cm³/mol. The van der Waals surface area contributed by atoms with Crippen molar-refractivity contribution in [2.75, 3.05) is 6.54 Å². The number of halogens is 1. The van der Waals surface area contributed by atoms with Crippen LogP contribution in [-0.4, -0.2) is 22.0 Å². The van der Waals surface area contributed by atoms with E-state index in [4.69, 9.17) is 4.98 Å². The van der Waals surface area contributed by atoms with Crippen molar-refractivity contribution >= 4 is 28.6 Å². The summed E-state index contributed by atoms with van der Waals surface area (Å²) in [5.74, 6) is 0.275. The van der Waals surface area contributed by atoms with Crippen LogP contribution in [0.2, 0.25) is 0 Å².